The van der Waals surface area contributed by atoms with E-state index in [2.05, 4.69) is 26.0 Å². The van der Waals surface area contributed by atoms with Gasteiger partial charge in [0.25, 0.3) is 0 Å². The molecular weight excluding hydrogens is 248 g/mol. The number of rotatable bonds is 4. The number of carbonyl (C=O) groups is 1. The zero-order chi connectivity index (χ0) is 14.7. The van der Waals surface area contributed by atoms with Crippen LogP contribution in [-0.4, -0.2) is 5.78 Å². The predicted molar refractivity (Wildman–Crippen MR) is 81.8 cm³/mol. The molecule has 2 aromatic rings. The molecule has 2 heteroatoms. The van der Waals surface area contributed by atoms with Crippen LogP contribution >= 0.6 is 0 Å². The summed E-state index contributed by atoms with van der Waals surface area (Å²) in [6.45, 7) is 7.86. The molecule has 0 aliphatic carbocycles. The summed E-state index contributed by atoms with van der Waals surface area (Å²) in [5.74, 6) is 1.83. The molecule has 2 nitrogen and oxygen atoms in total. The summed E-state index contributed by atoms with van der Waals surface area (Å²) >= 11 is 0. The van der Waals surface area contributed by atoms with Crippen LogP contribution in [0.3, 0.4) is 0 Å². The van der Waals surface area contributed by atoms with E-state index in [0.717, 1.165) is 16.9 Å². The van der Waals surface area contributed by atoms with E-state index in [4.69, 9.17) is 4.74 Å². The lowest BCUT2D eigenvalue weighted by Crippen LogP contribution is -1.99. The summed E-state index contributed by atoms with van der Waals surface area (Å²) in [5.41, 5.74) is 2.90. The van der Waals surface area contributed by atoms with Crippen LogP contribution in [0.1, 0.15) is 48.2 Å². The zero-order valence-corrected chi connectivity index (χ0v) is 12.4. The highest BCUT2D eigenvalue weighted by Crippen LogP contribution is 2.33. The van der Waals surface area contributed by atoms with Gasteiger partial charge >= 0.3 is 0 Å². The molecule has 104 valence electrons. The summed E-state index contributed by atoms with van der Waals surface area (Å²) in [5, 5.41) is 0. The van der Waals surface area contributed by atoms with Gasteiger partial charge in [-0.15, -0.1) is 0 Å². The zero-order valence-electron chi connectivity index (χ0n) is 12.4. The second kappa shape index (κ2) is 5.91. The maximum atomic E-state index is 11.7. The number of Topliss-reactive ketones (excluding diaryl/α,β-unsaturated/α-hetero) is 1. The van der Waals surface area contributed by atoms with Crippen molar-refractivity contribution in [1.82, 2.24) is 0 Å². The van der Waals surface area contributed by atoms with Gasteiger partial charge in [-0.1, -0.05) is 38.1 Å². The number of carbonyl (C=O) groups excluding carboxylic acids is 1. The lowest BCUT2D eigenvalue weighted by Gasteiger charge is -2.16. The monoisotopic (exact) mass is 268 g/mol. The van der Waals surface area contributed by atoms with Gasteiger partial charge in [-0.05, 0) is 49.1 Å². The molecule has 0 aromatic heterocycles. The van der Waals surface area contributed by atoms with Crippen molar-refractivity contribution in [3.63, 3.8) is 0 Å². The molecule has 0 fully saturated rings. The van der Waals surface area contributed by atoms with Gasteiger partial charge < -0.3 is 4.74 Å². The molecule has 0 radical (unpaired) electrons. The second-order valence-electron chi connectivity index (χ2n) is 5.35. The second-order valence-corrected chi connectivity index (χ2v) is 5.35. The van der Waals surface area contributed by atoms with E-state index in [1.54, 1.807) is 13.0 Å². The quantitative estimate of drug-likeness (QED) is 0.720. The Labute approximate surface area is 120 Å². The summed E-state index contributed by atoms with van der Waals surface area (Å²) in [6, 6.07) is 13.6. The minimum absolute atomic E-state index is 0.0133. The Balaban J connectivity index is 2.45. The molecule has 0 saturated carbocycles. The van der Waals surface area contributed by atoms with Crippen molar-refractivity contribution in [3.05, 3.63) is 59.2 Å². The van der Waals surface area contributed by atoms with Crippen molar-refractivity contribution < 1.29 is 9.53 Å². The van der Waals surface area contributed by atoms with Crippen LogP contribution in [0.2, 0.25) is 0 Å². The molecule has 2 rings (SSSR count). The van der Waals surface area contributed by atoms with Gasteiger partial charge in [0, 0.05) is 0 Å². The molecule has 0 N–H and O–H groups in total. The first-order chi connectivity index (χ1) is 9.49. The highest BCUT2D eigenvalue weighted by atomic mass is 16.5. The smallest absolute Gasteiger partial charge is 0.163 e. The number of para-hydroxylation sites is 1. The summed E-state index contributed by atoms with van der Waals surface area (Å²) in [4.78, 5) is 11.7. The highest BCUT2D eigenvalue weighted by molar-refractivity contribution is 5.96. The molecular formula is C18H20O2. The van der Waals surface area contributed by atoms with Crippen molar-refractivity contribution in [2.75, 3.05) is 0 Å². The van der Waals surface area contributed by atoms with E-state index in [1.807, 2.05) is 31.2 Å². The fourth-order valence-electron chi connectivity index (χ4n) is 2.17. The van der Waals surface area contributed by atoms with Crippen molar-refractivity contribution in [2.45, 2.75) is 33.6 Å². The van der Waals surface area contributed by atoms with E-state index in [1.165, 1.54) is 0 Å². The Morgan fingerprint density at radius 3 is 2.40 bits per heavy atom. The van der Waals surface area contributed by atoms with Gasteiger partial charge in [-0.2, -0.15) is 0 Å². The lowest BCUT2D eigenvalue weighted by molar-refractivity contribution is 0.101. The van der Waals surface area contributed by atoms with E-state index in [-0.39, 0.29) is 5.78 Å². The average Bonchev–Trinajstić information content (AvgIpc) is 2.38. The summed E-state index contributed by atoms with van der Waals surface area (Å²) in [6.07, 6.45) is 0. The first-order valence-electron chi connectivity index (χ1n) is 6.87. The van der Waals surface area contributed by atoms with Gasteiger partial charge in [0.2, 0.25) is 0 Å². The number of aryl methyl sites for hydroxylation is 1. The van der Waals surface area contributed by atoms with Crippen molar-refractivity contribution in [1.29, 1.82) is 0 Å². The van der Waals surface area contributed by atoms with Gasteiger partial charge in [0.15, 0.2) is 5.78 Å². The molecule has 2 aromatic carbocycles. The molecule has 0 spiro atoms. The SMILES string of the molecule is CC(=O)c1ccccc1Oc1cc(C)ccc1C(C)C. The van der Waals surface area contributed by atoms with Crippen molar-refractivity contribution in [2.24, 2.45) is 0 Å². The highest BCUT2D eigenvalue weighted by Gasteiger charge is 2.12. The average molecular weight is 268 g/mol. The third-order valence-corrected chi connectivity index (χ3v) is 3.28. The Kier molecular flexibility index (Phi) is 4.23. The Bertz CT molecular complexity index is 627. The first kappa shape index (κ1) is 14.3. The van der Waals surface area contributed by atoms with Gasteiger partial charge in [0.05, 0.1) is 5.56 Å². The van der Waals surface area contributed by atoms with Crippen LogP contribution in [0.4, 0.5) is 0 Å². The number of ether oxygens (including phenoxy) is 1. The van der Waals surface area contributed by atoms with Crippen LogP contribution in [0.25, 0.3) is 0 Å². The topological polar surface area (TPSA) is 26.3 Å². The van der Waals surface area contributed by atoms with Crippen molar-refractivity contribution in [3.8, 4) is 11.5 Å². The summed E-state index contributed by atoms with van der Waals surface area (Å²) < 4.78 is 6.02. The van der Waals surface area contributed by atoms with Gasteiger partial charge in [-0.25, -0.2) is 0 Å². The van der Waals surface area contributed by atoms with Crippen LogP contribution in [0.15, 0.2) is 42.5 Å². The third kappa shape index (κ3) is 3.08. The van der Waals surface area contributed by atoms with E-state index in [9.17, 15) is 4.79 Å². The fraction of sp³-hybridized carbons (Fsp3) is 0.278. The van der Waals surface area contributed by atoms with Crippen LogP contribution in [0, 0.1) is 6.92 Å². The Morgan fingerprint density at radius 2 is 1.75 bits per heavy atom. The van der Waals surface area contributed by atoms with Crippen LogP contribution in [0.5, 0.6) is 11.5 Å². The number of hydrogen-bond acceptors (Lipinski definition) is 2. The molecule has 0 unspecified atom stereocenters. The van der Waals surface area contributed by atoms with E-state index < -0.39 is 0 Å². The lowest BCUT2D eigenvalue weighted by atomic mass is 10.0. The Hall–Kier alpha value is -2.09. The maximum Gasteiger partial charge on any atom is 0.163 e. The molecule has 0 saturated heterocycles. The molecule has 0 atom stereocenters. The Morgan fingerprint density at radius 1 is 1.05 bits per heavy atom. The van der Waals surface area contributed by atoms with Crippen LogP contribution < -0.4 is 4.74 Å². The number of ketones is 1. The molecule has 0 aliphatic rings. The predicted octanol–water partition coefficient (Wildman–Crippen LogP) is 5.11. The van der Waals surface area contributed by atoms with E-state index >= 15 is 0 Å². The van der Waals surface area contributed by atoms with Gasteiger partial charge in [0.1, 0.15) is 11.5 Å². The minimum atomic E-state index is 0.0133. The molecule has 0 amide bonds. The first-order valence-corrected chi connectivity index (χ1v) is 6.87. The standard InChI is InChI=1S/C18H20O2/c1-12(2)15-10-9-13(3)11-18(15)20-17-8-6-5-7-16(17)14(4)19/h5-12H,1-4H3. The normalized spacial score (nSPS) is 10.7. The number of hydrogen-bond donors (Lipinski definition) is 0. The molecule has 0 aliphatic heterocycles. The molecule has 20 heavy (non-hydrogen) atoms. The summed E-state index contributed by atoms with van der Waals surface area (Å²) in [7, 11) is 0. The van der Waals surface area contributed by atoms with Crippen LogP contribution in [-0.2, 0) is 0 Å². The molecule has 0 heterocycles. The maximum absolute atomic E-state index is 11.7. The van der Waals surface area contributed by atoms with Gasteiger partial charge in [-0.3, -0.25) is 4.79 Å². The molecule has 0 bridgehead atoms. The fourth-order valence-corrected chi connectivity index (χ4v) is 2.17. The largest absolute Gasteiger partial charge is 0.456 e. The van der Waals surface area contributed by atoms with E-state index in [0.29, 0.717) is 17.2 Å². The minimum Gasteiger partial charge on any atom is -0.456 e. The number of benzene rings is 2. The third-order valence-electron chi connectivity index (χ3n) is 3.28. The van der Waals surface area contributed by atoms with Crippen molar-refractivity contribution >= 4 is 5.78 Å².